The zero-order valence-corrected chi connectivity index (χ0v) is 11.1. The largest absolute Gasteiger partial charge is 0.480 e. The van der Waals surface area contributed by atoms with Crippen LogP contribution in [0.4, 0.5) is 5.69 Å². The smallest absolute Gasteiger partial charge is 0.323 e. The van der Waals surface area contributed by atoms with Crippen LogP contribution >= 0.6 is 0 Å². The number of rotatable bonds is 6. The van der Waals surface area contributed by atoms with Crippen LogP contribution in [-0.2, 0) is 17.9 Å². The summed E-state index contributed by atoms with van der Waals surface area (Å²) in [5.41, 5.74) is 2.73. The van der Waals surface area contributed by atoms with Gasteiger partial charge in [0, 0.05) is 12.2 Å². The van der Waals surface area contributed by atoms with Crippen LogP contribution in [0.3, 0.4) is 0 Å². The number of benzene rings is 2. The molecule has 0 spiro atoms. The zero-order valence-electron chi connectivity index (χ0n) is 11.1. The Morgan fingerprint density at radius 2 is 1.55 bits per heavy atom. The Morgan fingerprint density at radius 3 is 2.10 bits per heavy atom. The van der Waals surface area contributed by atoms with Gasteiger partial charge in [0.2, 0.25) is 0 Å². The van der Waals surface area contributed by atoms with E-state index < -0.39 is 5.97 Å². The molecule has 0 fully saturated rings. The molecule has 0 heterocycles. The minimum absolute atomic E-state index is 0.0117. The van der Waals surface area contributed by atoms with E-state index in [4.69, 9.17) is 10.2 Å². The molecule has 0 bridgehead atoms. The number of carboxylic acids is 1. The normalized spacial score (nSPS) is 10.2. The number of aliphatic carboxylic acids is 1. The summed E-state index contributed by atoms with van der Waals surface area (Å²) in [5, 5.41) is 18.0. The molecule has 0 saturated carbocycles. The maximum absolute atomic E-state index is 11.0. The second-order valence-electron chi connectivity index (χ2n) is 4.56. The molecular weight excluding hydrogens is 254 g/mol. The van der Waals surface area contributed by atoms with E-state index in [-0.39, 0.29) is 13.2 Å². The molecule has 0 saturated heterocycles. The van der Waals surface area contributed by atoms with Crippen molar-refractivity contribution in [3.05, 3.63) is 65.7 Å². The third kappa shape index (κ3) is 3.83. The van der Waals surface area contributed by atoms with Crippen LogP contribution in [0, 0.1) is 0 Å². The maximum Gasteiger partial charge on any atom is 0.323 e. The highest BCUT2D eigenvalue weighted by Crippen LogP contribution is 2.17. The molecule has 20 heavy (non-hydrogen) atoms. The number of nitrogens with zero attached hydrogens (tertiary/aromatic N) is 1. The molecule has 0 amide bonds. The van der Waals surface area contributed by atoms with Crippen molar-refractivity contribution in [1.82, 2.24) is 0 Å². The lowest BCUT2D eigenvalue weighted by molar-refractivity contribution is -0.135. The number of aliphatic hydroxyl groups excluding tert-OH is 1. The van der Waals surface area contributed by atoms with Gasteiger partial charge in [0.25, 0.3) is 0 Å². The van der Waals surface area contributed by atoms with Gasteiger partial charge in [-0.15, -0.1) is 0 Å². The molecule has 0 radical (unpaired) electrons. The van der Waals surface area contributed by atoms with Gasteiger partial charge < -0.3 is 15.1 Å². The SMILES string of the molecule is O=C(O)CN(Cc1ccc(CO)cc1)c1ccccc1. The fourth-order valence-corrected chi connectivity index (χ4v) is 2.01. The van der Waals surface area contributed by atoms with Crippen LogP contribution in [0.5, 0.6) is 0 Å². The Labute approximate surface area is 117 Å². The molecule has 2 aromatic rings. The van der Waals surface area contributed by atoms with Crippen molar-refractivity contribution in [2.45, 2.75) is 13.2 Å². The number of anilines is 1. The summed E-state index contributed by atoms with van der Waals surface area (Å²) in [7, 11) is 0. The van der Waals surface area contributed by atoms with E-state index in [2.05, 4.69) is 0 Å². The Balaban J connectivity index is 2.16. The molecule has 2 rings (SSSR count). The lowest BCUT2D eigenvalue weighted by Gasteiger charge is -2.23. The highest BCUT2D eigenvalue weighted by atomic mass is 16.4. The van der Waals surface area contributed by atoms with Crippen LogP contribution in [-0.4, -0.2) is 22.7 Å². The summed E-state index contributed by atoms with van der Waals surface area (Å²) in [6, 6.07) is 17.0. The second kappa shape index (κ2) is 6.73. The molecule has 0 unspecified atom stereocenters. The van der Waals surface area contributed by atoms with Gasteiger partial charge in [0.15, 0.2) is 0 Å². The lowest BCUT2D eigenvalue weighted by atomic mass is 10.1. The van der Waals surface area contributed by atoms with Crippen molar-refractivity contribution < 1.29 is 15.0 Å². The van der Waals surface area contributed by atoms with E-state index >= 15 is 0 Å². The highest BCUT2D eigenvalue weighted by molar-refractivity contribution is 5.73. The van der Waals surface area contributed by atoms with Gasteiger partial charge in [-0.25, -0.2) is 0 Å². The summed E-state index contributed by atoms with van der Waals surface area (Å²) in [5.74, 6) is -0.860. The number of carbonyl (C=O) groups is 1. The molecule has 2 N–H and O–H groups in total. The van der Waals surface area contributed by atoms with Crippen LogP contribution in [0.15, 0.2) is 54.6 Å². The summed E-state index contributed by atoms with van der Waals surface area (Å²) in [6.07, 6.45) is 0. The Kier molecular flexibility index (Phi) is 4.74. The summed E-state index contributed by atoms with van der Waals surface area (Å²) < 4.78 is 0. The van der Waals surface area contributed by atoms with Crippen LogP contribution in [0.2, 0.25) is 0 Å². The monoisotopic (exact) mass is 271 g/mol. The third-order valence-corrected chi connectivity index (χ3v) is 3.03. The summed E-state index contributed by atoms with van der Waals surface area (Å²) in [4.78, 5) is 12.8. The summed E-state index contributed by atoms with van der Waals surface area (Å²) >= 11 is 0. The van der Waals surface area contributed by atoms with Gasteiger partial charge in [-0.2, -0.15) is 0 Å². The first-order valence-corrected chi connectivity index (χ1v) is 6.39. The van der Waals surface area contributed by atoms with E-state index in [1.54, 1.807) is 4.90 Å². The van der Waals surface area contributed by atoms with Gasteiger partial charge in [0.1, 0.15) is 6.54 Å². The minimum atomic E-state index is -0.860. The first kappa shape index (κ1) is 14.1. The van der Waals surface area contributed by atoms with E-state index in [0.717, 1.165) is 16.8 Å². The number of hydrogen-bond acceptors (Lipinski definition) is 3. The average molecular weight is 271 g/mol. The first-order valence-electron chi connectivity index (χ1n) is 6.39. The molecule has 0 aliphatic rings. The second-order valence-corrected chi connectivity index (χ2v) is 4.56. The average Bonchev–Trinajstić information content (AvgIpc) is 2.48. The van der Waals surface area contributed by atoms with Crippen LogP contribution < -0.4 is 4.90 Å². The number of carboxylic acid groups (broad SMARTS) is 1. The Bertz CT molecular complexity index is 552. The predicted octanol–water partition coefficient (Wildman–Crippen LogP) is 2.27. The van der Waals surface area contributed by atoms with Gasteiger partial charge in [0.05, 0.1) is 6.61 Å². The van der Waals surface area contributed by atoms with E-state index in [1.807, 2.05) is 54.6 Å². The first-order chi connectivity index (χ1) is 9.69. The number of aliphatic hydroxyl groups is 1. The van der Waals surface area contributed by atoms with Gasteiger partial charge in [-0.3, -0.25) is 4.79 Å². The zero-order chi connectivity index (χ0) is 14.4. The Morgan fingerprint density at radius 1 is 0.950 bits per heavy atom. The molecule has 0 aliphatic heterocycles. The van der Waals surface area contributed by atoms with Crippen molar-refractivity contribution in [3.63, 3.8) is 0 Å². The minimum Gasteiger partial charge on any atom is -0.480 e. The molecule has 0 aliphatic carbocycles. The van der Waals surface area contributed by atoms with E-state index in [9.17, 15) is 4.79 Å². The molecule has 4 heteroatoms. The molecule has 0 aromatic heterocycles. The van der Waals surface area contributed by atoms with Crippen molar-refractivity contribution in [1.29, 1.82) is 0 Å². The number of para-hydroxylation sites is 1. The van der Waals surface area contributed by atoms with Crippen molar-refractivity contribution >= 4 is 11.7 Å². The standard InChI is InChI=1S/C16H17NO3/c18-12-14-8-6-13(7-9-14)10-17(11-16(19)20)15-4-2-1-3-5-15/h1-9,18H,10-12H2,(H,19,20). The fourth-order valence-electron chi connectivity index (χ4n) is 2.01. The van der Waals surface area contributed by atoms with Gasteiger partial charge in [-0.05, 0) is 23.3 Å². The maximum atomic E-state index is 11.0. The van der Waals surface area contributed by atoms with E-state index in [0.29, 0.717) is 6.54 Å². The van der Waals surface area contributed by atoms with Crippen molar-refractivity contribution in [2.75, 3.05) is 11.4 Å². The van der Waals surface area contributed by atoms with Crippen molar-refractivity contribution in [2.24, 2.45) is 0 Å². The molecule has 0 atom stereocenters. The van der Waals surface area contributed by atoms with Crippen LogP contribution in [0.25, 0.3) is 0 Å². The van der Waals surface area contributed by atoms with Crippen LogP contribution in [0.1, 0.15) is 11.1 Å². The molecule has 104 valence electrons. The molecule has 2 aromatic carbocycles. The third-order valence-electron chi connectivity index (χ3n) is 3.03. The van der Waals surface area contributed by atoms with Gasteiger partial charge >= 0.3 is 5.97 Å². The highest BCUT2D eigenvalue weighted by Gasteiger charge is 2.11. The van der Waals surface area contributed by atoms with E-state index in [1.165, 1.54) is 0 Å². The van der Waals surface area contributed by atoms with Crippen molar-refractivity contribution in [3.8, 4) is 0 Å². The van der Waals surface area contributed by atoms with Gasteiger partial charge in [-0.1, -0.05) is 42.5 Å². The topological polar surface area (TPSA) is 60.8 Å². The molecular formula is C16H17NO3. The lowest BCUT2D eigenvalue weighted by Crippen LogP contribution is -2.29. The fraction of sp³-hybridized carbons (Fsp3) is 0.188. The molecule has 4 nitrogen and oxygen atoms in total. The predicted molar refractivity (Wildman–Crippen MR) is 77.5 cm³/mol. The Hall–Kier alpha value is -2.33. The quantitative estimate of drug-likeness (QED) is 0.846. The summed E-state index contributed by atoms with van der Waals surface area (Å²) in [6.45, 7) is 0.478. The number of hydrogen-bond donors (Lipinski definition) is 2.